The normalized spacial score (nSPS) is 10.7. The summed E-state index contributed by atoms with van der Waals surface area (Å²) < 4.78 is 5.73. The smallest absolute Gasteiger partial charge is 0.253 e. The number of para-hydroxylation sites is 1. The van der Waals surface area contributed by atoms with E-state index in [9.17, 15) is 9.59 Å². The minimum absolute atomic E-state index is 0.199. The van der Waals surface area contributed by atoms with Crippen LogP contribution in [0.25, 0.3) is 11.3 Å². The fourth-order valence-corrected chi connectivity index (χ4v) is 2.78. The highest BCUT2D eigenvalue weighted by Gasteiger charge is 2.14. The Hall–Kier alpha value is -3.41. The van der Waals surface area contributed by atoms with Gasteiger partial charge in [0.15, 0.2) is 11.7 Å². The monoisotopic (exact) mass is 391 g/mol. The lowest BCUT2D eigenvalue weighted by Gasteiger charge is -2.12. The van der Waals surface area contributed by atoms with Gasteiger partial charge in [0.25, 0.3) is 5.91 Å². The van der Waals surface area contributed by atoms with Crippen molar-refractivity contribution >= 4 is 17.5 Å². The molecule has 1 heterocycles. The van der Waals surface area contributed by atoms with Gasteiger partial charge in [-0.2, -0.15) is 0 Å². The van der Waals surface area contributed by atoms with Crippen molar-refractivity contribution < 1.29 is 14.0 Å². The van der Waals surface area contributed by atoms with Crippen molar-refractivity contribution in [3.05, 3.63) is 72.2 Å². The van der Waals surface area contributed by atoms with Crippen LogP contribution < -0.4 is 10.6 Å². The second-order valence-corrected chi connectivity index (χ2v) is 7.18. The summed E-state index contributed by atoms with van der Waals surface area (Å²) in [7, 11) is 0. The molecule has 29 heavy (non-hydrogen) atoms. The Morgan fingerprint density at radius 3 is 2.52 bits per heavy atom. The molecule has 0 fully saturated rings. The third-order valence-corrected chi connectivity index (χ3v) is 4.29. The van der Waals surface area contributed by atoms with Gasteiger partial charge in [-0.15, -0.1) is 0 Å². The van der Waals surface area contributed by atoms with E-state index in [-0.39, 0.29) is 18.2 Å². The Labute approximate surface area is 170 Å². The predicted molar refractivity (Wildman–Crippen MR) is 113 cm³/mol. The molecule has 0 saturated carbocycles. The molecule has 0 spiro atoms. The molecular weight excluding hydrogens is 366 g/mol. The lowest BCUT2D eigenvalue weighted by atomic mass is 10.1. The highest BCUT2D eigenvalue weighted by molar-refractivity contribution is 6.03. The van der Waals surface area contributed by atoms with Gasteiger partial charge in [-0.1, -0.05) is 56.3 Å². The highest BCUT2D eigenvalue weighted by atomic mass is 16.4. The molecule has 0 aliphatic rings. The van der Waals surface area contributed by atoms with Gasteiger partial charge < -0.3 is 15.1 Å². The summed E-state index contributed by atoms with van der Waals surface area (Å²) >= 11 is 0. The second-order valence-electron chi connectivity index (χ2n) is 7.18. The van der Waals surface area contributed by atoms with Crippen LogP contribution in [0.2, 0.25) is 0 Å². The first-order valence-electron chi connectivity index (χ1n) is 9.70. The van der Waals surface area contributed by atoms with Crippen molar-refractivity contribution in [2.24, 2.45) is 5.92 Å². The van der Waals surface area contributed by atoms with Crippen LogP contribution in [-0.2, 0) is 11.2 Å². The zero-order chi connectivity index (χ0) is 20.6. The van der Waals surface area contributed by atoms with Gasteiger partial charge >= 0.3 is 0 Å². The molecule has 3 rings (SSSR count). The summed E-state index contributed by atoms with van der Waals surface area (Å²) in [6.45, 7) is 4.63. The Kier molecular flexibility index (Phi) is 6.79. The Balaban J connectivity index is 1.58. The number of rotatable bonds is 8. The van der Waals surface area contributed by atoms with E-state index in [0.717, 1.165) is 5.56 Å². The summed E-state index contributed by atoms with van der Waals surface area (Å²) in [6.07, 6.45) is 2.24. The Bertz CT molecular complexity index is 964. The molecule has 6 heteroatoms. The maximum atomic E-state index is 12.4. The third-order valence-electron chi connectivity index (χ3n) is 4.29. The number of aryl methyl sites for hydroxylation is 1. The van der Waals surface area contributed by atoms with Crippen molar-refractivity contribution in [1.29, 1.82) is 0 Å². The lowest BCUT2D eigenvalue weighted by Crippen LogP contribution is -2.28. The number of nitrogens with zero attached hydrogens (tertiary/aromatic N) is 1. The summed E-state index contributed by atoms with van der Waals surface area (Å²) in [4.78, 5) is 29.0. The van der Waals surface area contributed by atoms with Crippen molar-refractivity contribution in [3.63, 3.8) is 0 Å². The van der Waals surface area contributed by atoms with Crippen molar-refractivity contribution in [2.75, 3.05) is 11.9 Å². The van der Waals surface area contributed by atoms with Crippen LogP contribution in [0, 0.1) is 5.92 Å². The van der Waals surface area contributed by atoms with Crippen LogP contribution in [0.4, 0.5) is 5.69 Å². The van der Waals surface area contributed by atoms with Gasteiger partial charge in [0.05, 0.1) is 17.4 Å². The Morgan fingerprint density at radius 1 is 1.03 bits per heavy atom. The molecular formula is C23H25N3O3. The summed E-state index contributed by atoms with van der Waals surface area (Å²) in [6, 6.07) is 16.7. The molecule has 0 atom stereocenters. The summed E-state index contributed by atoms with van der Waals surface area (Å²) in [5, 5.41) is 5.69. The Morgan fingerprint density at radius 2 is 1.76 bits per heavy atom. The van der Waals surface area contributed by atoms with Crippen LogP contribution in [0.3, 0.4) is 0 Å². The number of carbonyl (C=O) groups excluding carboxylic acids is 2. The van der Waals surface area contributed by atoms with Gasteiger partial charge in [0.2, 0.25) is 5.91 Å². The van der Waals surface area contributed by atoms with E-state index >= 15 is 0 Å². The van der Waals surface area contributed by atoms with E-state index in [4.69, 9.17) is 4.42 Å². The average Bonchev–Trinajstić information content (AvgIpc) is 3.21. The molecule has 2 N–H and O–H groups in total. The molecule has 0 aliphatic carbocycles. The molecule has 0 radical (unpaired) electrons. The number of hydrogen-bond acceptors (Lipinski definition) is 4. The van der Waals surface area contributed by atoms with E-state index in [1.54, 1.807) is 30.5 Å². The van der Waals surface area contributed by atoms with Crippen molar-refractivity contribution in [1.82, 2.24) is 10.3 Å². The molecule has 150 valence electrons. The maximum Gasteiger partial charge on any atom is 0.253 e. The number of nitrogens with one attached hydrogen (secondary N) is 2. The van der Waals surface area contributed by atoms with Gasteiger partial charge in [0.1, 0.15) is 0 Å². The maximum absolute atomic E-state index is 12.4. The van der Waals surface area contributed by atoms with E-state index in [0.29, 0.717) is 41.8 Å². The van der Waals surface area contributed by atoms with Crippen molar-refractivity contribution in [2.45, 2.75) is 26.7 Å². The zero-order valence-electron chi connectivity index (χ0n) is 16.6. The van der Waals surface area contributed by atoms with E-state index in [2.05, 4.69) is 15.6 Å². The first kappa shape index (κ1) is 20.3. The zero-order valence-corrected chi connectivity index (χ0v) is 16.6. The quantitative estimate of drug-likeness (QED) is 0.600. The third kappa shape index (κ3) is 5.78. The molecule has 6 nitrogen and oxygen atoms in total. The molecule has 0 aliphatic heterocycles. The first-order chi connectivity index (χ1) is 14.0. The van der Waals surface area contributed by atoms with Crippen LogP contribution in [0.5, 0.6) is 0 Å². The average molecular weight is 391 g/mol. The predicted octanol–water partition coefficient (Wildman–Crippen LogP) is 4.30. The van der Waals surface area contributed by atoms with Gasteiger partial charge in [-0.05, 0) is 18.1 Å². The minimum atomic E-state index is -0.200. The van der Waals surface area contributed by atoms with E-state index < -0.39 is 0 Å². The van der Waals surface area contributed by atoms with E-state index in [1.165, 1.54) is 0 Å². The number of oxazole rings is 1. The van der Waals surface area contributed by atoms with Crippen LogP contribution >= 0.6 is 0 Å². The largest absolute Gasteiger partial charge is 0.441 e. The molecule has 3 aromatic rings. The summed E-state index contributed by atoms with van der Waals surface area (Å²) in [5.74, 6) is 1.13. The van der Waals surface area contributed by atoms with Crippen molar-refractivity contribution in [3.8, 4) is 11.3 Å². The number of benzene rings is 2. The molecule has 0 saturated heterocycles. The van der Waals surface area contributed by atoms with Crippen LogP contribution in [0.15, 0.2) is 65.2 Å². The number of carbonyl (C=O) groups is 2. The van der Waals surface area contributed by atoms with Gasteiger partial charge in [-0.25, -0.2) is 4.98 Å². The SMILES string of the molecule is CC(C)CNC(=O)c1ccccc1NC(=O)CCc1ncc(-c2ccccc2)o1. The topological polar surface area (TPSA) is 84.2 Å². The highest BCUT2D eigenvalue weighted by Crippen LogP contribution is 2.21. The van der Waals surface area contributed by atoms with Crippen LogP contribution in [-0.4, -0.2) is 23.3 Å². The summed E-state index contributed by atoms with van der Waals surface area (Å²) in [5.41, 5.74) is 1.89. The second kappa shape index (κ2) is 9.68. The van der Waals surface area contributed by atoms with Gasteiger partial charge in [0, 0.05) is 24.9 Å². The number of hydrogen-bond donors (Lipinski definition) is 2. The standard InChI is InChI=1S/C23H25N3O3/c1-16(2)14-25-23(28)18-10-6-7-11-19(18)26-21(27)12-13-22-24-15-20(29-22)17-8-4-3-5-9-17/h3-11,15-16H,12-14H2,1-2H3,(H,25,28)(H,26,27). The minimum Gasteiger partial charge on any atom is -0.441 e. The molecule has 1 aromatic heterocycles. The fraction of sp³-hybridized carbons (Fsp3) is 0.261. The van der Waals surface area contributed by atoms with Crippen LogP contribution in [0.1, 0.15) is 36.5 Å². The number of amides is 2. The molecule has 2 aromatic carbocycles. The van der Waals surface area contributed by atoms with E-state index in [1.807, 2.05) is 44.2 Å². The van der Waals surface area contributed by atoms with Gasteiger partial charge in [-0.3, -0.25) is 9.59 Å². The molecule has 0 unspecified atom stereocenters. The number of aromatic nitrogens is 1. The fourth-order valence-electron chi connectivity index (χ4n) is 2.78. The molecule has 2 amide bonds. The first-order valence-corrected chi connectivity index (χ1v) is 9.70. The number of anilines is 1. The lowest BCUT2D eigenvalue weighted by molar-refractivity contribution is -0.116. The molecule has 0 bridgehead atoms.